The molecule has 5 aromatic rings. The van der Waals surface area contributed by atoms with E-state index in [-0.39, 0.29) is 42.9 Å². The van der Waals surface area contributed by atoms with Gasteiger partial charge in [0.2, 0.25) is 11.8 Å². The van der Waals surface area contributed by atoms with Crippen LogP contribution in [-0.4, -0.2) is 80.9 Å². The van der Waals surface area contributed by atoms with E-state index in [0.717, 1.165) is 16.7 Å². The molecule has 0 saturated carbocycles. The number of carbonyl (C=O) groups is 5. The Labute approximate surface area is 344 Å². The number of ketones is 2. The first-order valence-corrected chi connectivity index (χ1v) is 19.5. The van der Waals surface area contributed by atoms with Gasteiger partial charge in [0.1, 0.15) is 11.4 Å². The van der Waals surface area contributed by atoms with Crippen molar-refractivity contribution in [1.29, 1.82) is 0 Å². The fourth-order valence-corrected chi connectivity index (χ4v) is 7.24. The maximum absolute atomic E-state index is 13.9. The highest BCUT2D eigenvalue weighted by molar-refractivity contribution is 6.25. The number of allylic oxidation sites excluding steroid dienone is 4. The second kappa shape index (κ2) is 17.4. The first-order valence-electron chi connectivity index (χ1n) is 19.5. The van der Waals surface area contributed by atoms with Crippen LogP contribution < -0.4 is 9.47 Å². The second-order valence-electron chi connectivity index (χ2n) is 15.6. The largest absolute Gasteiger partial charge is 0.427 e. The van der Waals surface area contributed by atoms with Crippen LogP contribution in [0.4, 0.5) is 4.79 Å². The molecule has 1 aliphatic carbocycles. The highest BCUT2D eigenvalue weighted by Gasteiger charge is 2.39. The second-order valence-corrected chi connectivity index (χ2v) is 15.6. The van der Waals surface area contributed by atoms with Gasteiger partial charge in [-0.15, -0.1) is 0 Å². The Bertz CT molecular complexity index is 2500. The van der Waals surface area contributed by atoms with E-state index in [2.05, 4.69) is 0 Å². The number of likely N-dealkylation sites (N-methyl/N-ethyl adjacent to an activating group) is 2. The summed E-state index contributed by atoms with van der Waals surface area (Å²) in [5.74, 6) is -0.421. The number of hydrogen-bond donors (Lipinski definition) is 0. The van der Waals surface area contributed by atoms with Crippen LogP contribution in [0.3, 0.4) is 0 Å². The summed E-state index contributed by atoms with van der Waals surface area (Å²) in [6.45, 7) is 10.2. The van der Waals surface area contributed by atoms with Gasteiger partial charge in [-0.2, -0.15) is 0 Å². The zero-order valence-electron chi connectivity index (χ0n) is 34.8. The Balaban J connectivity index is 1.27. The fraction of sp³-hybridized carbons (Fsp3) is 0.298. The molecule has 12 heteroatoms. The van der Waals surface area contributed by atoms with Crippen LogP contribution >= 0.6 is 0 Å². The predicted molar refractivity (Wildman–Crippen MR) is 224 cm³/mol. The van der Waals surface area contributed by atoms with Gasteiger partial charge in [-0.1, -0.05) is 74.5 Å². The molecule has 2 aromatic heterocycles. The number of benzene rings is 3. The molecule has 6 rings (SSSR count). The van der Waals surface area contributed by atoms with Crippen molar-refractivity contribution < 1.29 is 33.4 Å². The Morgan fingerprint density at radius 3 is 1.85 bits per heavy atom. The number of nitrogens with zero attached hydrogens (tertiary/aromatic N) is 5. The van der Waals surface area contributed by atoms with Crippen LogP contribution in [0, 0.1) is 5.41 Å². The molecule has 0 aliphatic heterocycles. The van der Waals surface area contributed by atoms with Crippen molar-refractivity contribution in [3.05, 3.63) is 136 Å². The molecule has 0 atom stereocenters. The molecule has 0 bridgehead atoms. The SMILES string of the molecule is CC(=O)Oc1ccc(-c2cn3c(OC(=O)N(C)CCN(C)C(=O)CC(C)(C)C4=C(C)C(=O)C(C)=C(C)C4=O)c(Cc4ccccc4)nc3c(Cc3ccccc3)n2)cc1. The van der Waals surface area contributed by atoms with Gasteiger partial charge in [0.05, 0.1) is 11.4 Å². The van der Waals surface area contributed by atoms with E-state index in [4.69, 9.17) is 19.4 Å². The smallest absolute Gasteiger partial charge is 0.416 e. The van der Waals surface area contributed by atoms with Crippen LogP contribution in [0.2, 0.25) is 0 Å². The summed E-state index contributed by atoms with van der Waals surface area (Å²) in [4.78, 5) is 78.2. The standard InChI is InChI=1S/C47H49N5O7/c1-29-30(2)43(56)41(31(3)42(29)55)47(5,6)27-40(54)50(7)23-24-51(8)46(57)59-45-38(26-34-17-13-10-14-18-34)49-44-37(25-33-15-11-9-12-16-33)48-39(28-52(44)45)35-19-21-36(22-20-35)58-32(4)53/h9-22,28H,23-27H2,1-8H3. The Hall–Kier alpha value is -6.69. The summed E-state index contributed by atoms with van der Waals surface area (Å²) in [6, 6.07) is 26.7. The minimum atomic E-state index is -0.898. The number of hydrogen-bond acceptors (Lipinski definition) is 9. The summed E-state index contributed by atoms with van der Waals surface area (Å²) in [7, 11) is 3.24. The molecule has 59 heavy (non-hydrogen) atoms. The molecule has 12 nitrogen and oxygen atoms in total. The minimum absolute atomic E-state index is 0.00545. The van der Waals surface area contributed by atoms with E-state index in [0.29, 0.717) is 63.6 Å². The molecule has 0 unspecified atom stereocenters. The molecule has 1 aliphatic rings. The molecule has 0 saturated heterocycles. The van der Waals surface area contributed by atoms with E-state index < -0.39 is 17.5 Å². The lowest BCUT2D eigenvalue weighted by molar-refractivity contribution is -0.132. The number of amides is 2. The van der Waals surface area contributed by atoms with E-state index in [1.54, 1.807) is 71.4 Å². The van der Waals surface area contributed by atoms with Crippen molar-refractivity contribution in [2.75, 3.05) is 27.2 Å². The van der Waals surface area contributed by atoms with Gasteiger partial charge in [0, 0.05) is 92.8 Å². The normalized spacial score (nSPS) is 13.2. The van der Waals surface area contributed by atoms with Gasteiger partial charge < -0.3 is 19.3 Å². The summed E-state index contributed by atoms with van der Waals surface area (Å²) < 4.78 is 13.2. The molecule has 2 heterocycles. The quantitative estimate of drug-likeness (QED) is 0.0669. The maximum Gasteiger partial charge on any atom is 0.416 e. The fourth-order valence-electron chi connectivity index (χ4n) is 7.24. The number of rotatable bonds is 13. The maximum atomic E-state index is 13.9. The first-order chi connectivity index (χ1) is 28.0. The van der Waals surface area contributed by atoms with Crippen molar-refractivity contribution in [3.8, 4) is 22.9 Å². The summed E-state index contributed by atoms with van der Waals surface area (Å²) in [5.41, 5.74) is 5.70. The average Bonchev–Trinajstić information content (AvgIpc) is 3.54. The minimum Gasteiger partial charge on any atom is -0.427 e. The number of aromatic nitrogens is 3. The third-order valence-corrected chi connectivity index (χ3v) is 10.7. The molecule has 0 N–H and O–H groups in total. The van der Waals surface area contributed by atoms with Crippen LogP contribution in [0.25, 0.3) is 16.9 Å². The van der Waals surface area contributed by atoms with Crippen molar-refractivity contribution in [3.63, 3.8) is 0 Å². The molecule has 304 valence electrons. The molecule has 0 fully saturated rings. The molecule has 2 amide bonds. The first kappa shape index (κ1) is 41.9. The highest BCUT2D eigenvalue weighted by atomic mass is 16.6. The van der Waals surface area contributed by atoms with Crippen LogP contribution in [0.15, 0.2) is 113 Å². The summed E-state index contributed by atoms with van der Waals surface area (Å²) >= 11 is 0. The van der Waals surface area contributed by atoms with Crippen molar-refractivity contribution >= 4 is 35.2 Å². The lowest BCUT2D eigenvalue weighted by Crippen LogP contribution is -2.40. The Morgan fingerprint density at radius 2 is 1.25 bits per heavy atom. The van der Waals surface area contributed by atoms with E-state index in [1.165, 1.54) is 16.7 Å². The van der Waals surface area contributed by atoms with Crippen molar-refractivity contribution in [1.82, 2.24) is 24.2 Å². The van der Waals surface area contributed by atoms with E-state index in [9.17, 15) is 24.0 Å². The van der Waals surface area contributed by atoms with Gasteiger partial charge in [-0.25, -0.2) is 14.8 Å². The Morgan fingerprint density at radius 1 is 0.695 bits per heavy atom. The summed E-state index contributed by atoms with van der Waals surface area (Å²) in [6.07, 6.45) is 1.95. The monoisotopic (exact) mass is 795 g/mol. The lowest BCUT2D eigenvalue weighted by atomic mass is 9.71. The third kappa shape index (κ3) is 9.38. The average molecular weight is 796 g/mol. The predicted octanol–water partition coefficient (Wildman–Crippen LogP) is 7.61. The van der Waals surface area contributed by atoms with Gasteiger partial charge in [-0.05, 0) is 56.2 Å². The number of fused-ring (bicyclic) bond motifs is 1. The van der Waals surface area contributed by atoms with Crippen molar-refractivity contribution in [2.24, 2.45) is 5.41 Å². The topological polar surface area (TPSA) is 140 Å². The number of Topliss-reactive ketones (excluding diaryl/α,β-unsaturated/α-hetero) is 2. The van der Waals surface area contributed by atoms with Crippen LogP contribution in [0.5, 0.6) is 11.6 Å². The number of imidazole rings is 1. The molecular formula is C47H49N5O7. The van der Waals surface area contributed by atoms with E-state index >= 15 is 0 Å². The lowest BCUT2D eigenvalue weighted by Gasteiger charge is -2.33. The van der Waals surface area contributed by atoms with Crippen LogP contribution in [0.1, 0.15) is 70.5 Å². The zero-order valence-corrected chi connectivity index (χ0v) is 34.8. The molecular weight excluding hydrogens is 747 g/mol. The van der Waals surface area contributed by atoms with Gasteiger partial charge in [0.25, 0.3) is 0 Å². The number of carbonyl (C=O) groups excluding carboxylic acids is 5. The van der Waals surface area contributed by atoms with Crippen molar-refractivity contribution in [2.45, 2.75) is 60.8 Å². The molecule has 0 spiro atoms. The van der Waals surface area contributed by atoms with Crippen LogP contribution in [-0.2, 0) is 32.0 Å². The van der Waals surface area contributed by atoms with Gasteiger partial charge in [0.15, 0.2) is 17.2 Å². The van der Waals surface area contributed by atoms with Gasteiger partial charge >= 0.3 is 12.1 Å². The van der Waals surface area contributed by atoms with E-state index in [1.807, 2.05) is 72.8 Å². The third-order valence-electron chi connectivity index (χ3n) is 10.7. The Kier molecular flexibility index (Phi) is 12.4. The number of ether oxygens (including phenoxy) is 2. The summed E-state index contributed by atoms with van der Waals surface area (Å²) in [5, 5.41) is 0. The highest BCUT2D eigenvalue weighted by Crippen LogP contribution is 2.39. The molecule has 0 radical (unpaired) electrons. The molecule has 3 aromatic carbocycles. The zero-order chi connectivity index (χ0) is 42.6. The van der Waals surface area contributed by atoms with Gasteiger partial charge in [-0.3, -0.25) is 23.6 Å². The number of esters is 1.